The molecule has 0 aliphatic carbocycles. The van der Waals surface area contributed by atoms with Gasteiger partial charge < -0.3 is 5.32 Å². The van der Waals surface area contributed by atoms with Crippen LogP contribution in [0.2, 0.25) is 10.0 Å². The van der Waals surface area contributed by atoms with Crippen molar-refractivity contribution in [3.05, 3.63) is 55.2 Å². The molecule has 4 heteroatoms. The smallest absolute Gasteiger partial charge is 0.0595 e. The minimum atomic E-state index is 0.176. The predicted octanol–water partition coefficient (Wildman–Crippen LogP) is 5.76. The van der Waals surface area contributed by atoms with Gasteiger partial charge in [0.2, 0.25) is 0 Å². The zero-order valence-corrected chi connectivity index (χ0v) is 14.3. The van der Waals surface area contributed by atoms with Gasteiger partial charge in [-0.15, -0.1) is 11.3 Å². The van der Waals surface area contributed by atoms with E-state index in [1.54, 1.807) is 0 Å². The van der Waals surface area contributed by atoms with Crippen LogP contribution in [0.3, 0.4) is 0 Å². The molecule has 0 saturated heterocycles. The summed E-state index contributed by atoms with van der Waals surface area (Å²) >= 11 is 14.0. The summed E-state index contributed by atoms with van der Waals surface area (Å²) in [5, 5.41) is 4.82. The standard InChI is InChI=1S/C16H19Cl2NS/c1-4-7-19-16(13-8-10(2)20-11(13)3)12-5-6-14(17)15(18)9-12/h5-6,8-9,16,19H,4,7H2,1-3H3. The first-order chi connectivity index (χ1) is 9.52. The molecule has 0 radical (unpaired) electrons. The summed E-state index contributed by atoms with van der Waals surface area (Å²) < 4.78 is 0. The van der Waals surface area contributed by atoms with Crippen LogP contribution in [0.25, 0.3) is 0 Å². The highest BCUT2D eigenvalue weighted by Gasteiger charge is 2.18. The van der Waals surface area contributed by atoms with Gasteiger partial charge in [0.25, 0.3) is 0 Å². The van der Waals surface area contributed by atoms with Gasteiger partial charge >= 0.3 is 0 Å². The molecule has 0 fully saturated rings. The Hall–Kier alpha value is -0.540. The molecule has 108 valence electrons. The highest BCUT2D eigenvalue weighted by atomic mass is 35.5. The summed E-state index contributed by atoms with van der Waals surface area (Å²) in [7, 11) is 0. The van der Waals surface area contributed by atoms with E-state index in [-0.39, 0.29) is 6.04 Å². The molecule has 1 heterocycles. The Balaban J connectivity index is 2.41. The van der Waals surface area contributed by atoms with Gasteiger partial charge in [0.1, 0.15) is 0 Å². The Morgan fingerprint density at radius 2 is 1.90 bits per heavy atom. The van der Waals surface area contributed by atoms with Crippen molar-refractivity contribution in [2.75, 3.05) is 6.54 Å². The number of halogens is 2. The third-order valence-corrected chi connectivity index (χ3v) is 4.99. The molecule has 1 aromatic heterocycles. The quantitative estimate of drug-likeness (QED) is 0.736. The molecule has 1 unspecified atom stereocenters. The molecule has 1 nitrogen and oxygen atoms in total. The lowest BCUT2D eigenvalue weighted by Gasteiger charge is -2.20. The molecule has 2 rings (SSSR count). The summed E-state index contributed by atoms with van der Waals surface area (Å²) in [5.41, 5.74) is 2.49. The maximum atomic E-state index is 6.17. The van der Waals surface area contributed by atoms with E-state index in [2.05, 4.69) is 32.2 Å². The van der Waals surface area contributed by atoms with E-state index in [0.717, 1.165) is 18.5 Å². The minimum Gasteiger partial charge on any atom is -0.306 e. The molecule has 1 aromatic carbocycles. The van der Waals surface area contributed by atoms with E-state index in [4.69, 9.17) is 23.2 Å². The number of benzene rings is 1. The van der Waals surface area contributed by atoms with Gasteiger partial charge in [-0.2, -0.15) is 0 Å². The first-order valence-electron chi connectivity index (χ1n) is 6.78. The number of nitrogens with one attached hydrogen (secondary N) is 1. The fraction of sp³-hybridized carbons (Fsp3) is 0.375. The topological polar surface area (TPSA) is 12.0 Å². The molecule has 0 spiro atoms. The summed E-state index contributed by atoms with van der Waals surface area (Å²) in [6, 6.07) is 8.32. The molecule has 2 aromatic rings. The van der Waals surface area contributed by atoms with Crippen LogP contribution in [0.4, 0.5) is 0 Å². The number of hydrogen-bond acceptors (Lipinski definition) is 2. The molecule has 1 atom stereocenters. The Morgan fingerprint density at radius 3 is 2.45 bits per heavy atom. The third-order valence-electron chi connectivity index (χ3n) is 3.27. The number of thiophene rings is 1. The van der Waals surface area contributed by atoms with Crippen molar-refractivity contribution in [2.45, 2.75) is 33.2 Å². The molecular weight excluding hydrogens is 309 g/mol. The van der Waals surface area contributed by atoms with Crippen LogP contribution in [0.5, 0.6) is 0 Å². The van der Waals surface area contributed by atoms with Crippen molar-refractivity contribution in [2.24, 2.45) is 0 Å². The lowest BCUT2D eigenvalue weighted by molar-refractivity contribution is 0.598. The molecule has 0 saturated carbocycles. The van der Waals surface area contributed by atoms with E-state index in [1.165, 1.54) is 15.3 Å². The van der Waals surface area contributed by atoms with E-state index < -0.39 is 0 Å². The van der Waals surface area contributed by atoms with Crippen LogP contribution in [0.1, 0.15) is 40.3 Å². The van der Waals surface area contributed by atoms with E-state index >= 15 is 0 Å². The largest absolute Gasteiger partial charge is 0.306 e. The molecular formula is C16H19Cl2NS. The van der Waals surface area contributed by atoms with Gasteiger partial charge in [-0.1, -0.05) is 36.2 Å². The third kappa shape index (κ3) is 3.56. The first kappa shape index (κ1) is 15.8. The van der Waals surface area contributed by atoms with Gasteiger partial charge in [0, 0.05) is 9.75 Å². The van der Waals surface area contributed by atoms with Gasteiger partial charge in [-0.05, 0) is 56.1 Å². The summed E-state index contributed by atoms with van der Waals surface area (Å²) in [6.07, 6.45) is 1.10. The fourth-order valence-electron chi connectivity index (χ4n) is 2.33. The maximum Gasteiger partial charge on any atom is 0.0595 e. The first-order valence-corrected chi connectivity index (χ1v) is 8.35. The average molecular weight is 328 g/mol. The fourth-order valence-corrected chi connectivity index (χ4v) is 3.60. The van der Waals surface area contributed by atoms with Crippen LogP contribution in [0, 0.1) is 13.8 Å². The van der Waals surface area contributed by atoms with Crippen LogP contribution >= 0.6 is 34.5 Å². The molecule has 1 N–H and O–H groups in total. The second-order valence-electron chi connectivity index (χ2n) is 4.93. The Kier molecular flexibility index (Phi) is 5.50. The zero-order valence-electron chi connectivity index (χ0n) is 12.0. The molecule has 0 amide bonds. The Bertz CT molecular complexity index is 592. The maximum absolute atomic E-state index is 6.17. The van der Waals surface area contributed by atoms with Gasteiger partial charge in [0.05, 0.1) is 16.1 Å². The van der Waals surface area contributed by atoms with E-state index in [9.17, 15) is 0 Å². The number of hydrogen-bond donors (Lipinski definition) is 1. The van der Waals surface area contributed by atoms with Crippen molar-refractivity contribution in [1.29, 1.82) is 0 Å². The molecule has 0 aliphatic rings. The van der Waals surface area contributed by atoms with Crippen molar-refractivity contribution in [1.82, 2.24) is 5.32 Å². The summed E-state index contributed by atoms with van der Waals surface area (Å²) in [5.74, 6) is 0. The van der Waals surface area contributed by atoms with Crippen molar-refractivity contribution < 1.29 is 0 Å². The monoisotopic (exact) mass is 327 g/mol. The number of rotatable bonds is 5. The van der Waals surface area contributed by atoms with Crippen molar-refractivity contribution in [3.63, 3.8) is 0 Å². The predicted molar refractivity (Wildman–Crippen MR) is 90.4 cm³/mol. The van der Waals surface area contributed by atoms with Gasteiger partial charge in [-0.25, -0.2) is 0 Å². The Labute approximate surface area is 134 Å². The van der Waals surface area contributed by atoms with Crippen molar-refractivity contribution in [3.8, 4) is 0 Å². The Morgan fingerprint density at radius 1 is 1.15 bits per heavy atom. The highest BCUT2D eigenvalue weighted by molar-refractivity contribution is 7.12. The minimum absolute atomic E-state index is 0.176. The van der Waals surface area contributed by atoms with Crippen LogP contribution in [-0.4, -0.2) is 6.54 Å². The highest BCUT2D eigenvalue weighted by Crippen LogP contribution is 2.33. The van der Waals surface area contributed by atoms with Crippen molar-refractivity contribution >= 4 is 34.5 Å². The SMILES string of the molecule is CCCNC(c1ccc(Cl)c(Cl)c1)c1cc(C)sc1C. The van der Waals surface area contributed by atoms with E-state index in [1.807, 2.05) is 29.5 Å². The van der Waals surface area contributed by atoms with Gasteiger partial charge in [-0.3, -0.25) is 0 Å². The van der Waals surface area contributed by atoms with Crippen LogP contribution in [0.15, 0.2) is 24.3 Å². The summed E-state index contributed by atoms with van der Waals surface area (Å²) in [6.45, 7) is 7.46. The lowest BCUT2D eigenvalue weighted by Crippen LogP contribution is -2.23. The second kappa shape index (κ2) is 6.95. The second-order valence-corrected chi connectivity index (χ2v) is 7.20. The summed E-state index contributed by atoms with van der Waals surface area (Å²) in [4.78, 5) is 2.68. The van der Waals surface area contributed by atoms with Crippen LogP contribution in [-0.2, 0) is 0 Å². The van der Waals surface area contributed by atoms with E-state index in [0.29, 0.717) is 10.0 Å². The average Bonchev–Trinajstić information content (AvgIpc) is 2.73. The molecule has 0 aliphatic heterocycles. The normalized spacial score (nSPS) is 12.7. The number of aryl methyl sites for hydroxylation is 2. The molecule has 0 bridgehead atoms. The van der Waals surface area contributed by atoms with Gasteiger partial charge in [0.15, 0.2) is 0 Å². The molecule has 20 heavy (non-hydrogen) atoms. The lowest BCUT2D eigenvalue weighted by atomic mass is 9.99. The zero-order chi connectivity index (χ0) is 14.7. The van der Waals surface area contributed by atoms with Crippen LogP contribution < -0.4 is 5.32 Å².